The monoisotopic (exact) mass is 395 g/mol. The molecule has 1 aliphatic heterocycles. The van der Waals surface area contributed by atoms with Gasteiger partial charge in [-0.15, -0.1) is 0 Å². The van der Waals surface area contributed by atoms with Gasteiger partial charge in [0.05, 0.1) is 24.8 Å². The van der Waals surface area contributed by atoms with Crippen LogP contribution in [-0.4, -0.2) is 60.5 Å². The molecule has 2 aliphatic carbocycles. The van der Waals surface area contributed by atoms with Crippen LogP contribution >= 0.6 is 0 Å². The molecule has 5 nitrogen and oxygen atoms in total. The molecule has 0 amide bonds. The fourth-order valence-electron chi connectivity index (χ4n) is 5.79. The third-order valence-electron chi connectivity index (χ3n) is 7.35. The van der Waals surface area contributed by atoms with Gasteiger partial charge in [-0.25, -0.2) is 4.98 Å². The van der Waals surface area contributed by atoms with E-state index in [-0.39, 0.29) is 6.10 Å². The van der Waals surface area contributed by atoms with E-state index >= 15 is 0 Å². The van der Waals surface area contributed by atoms with Crippen molar-refractivity contribution >= 4 is 16.7 Å². The molecule has 1 saturated heterocycles. The molecule has 3 fully saturated rings. The highest BCUT2D eigenvalue weighted by atomic mass is 16.5. The zero-order valence-electron chi connectivity index (χ0n) is 17.7. The van der Waals surface area contributed by atoms with Crippen molar-refractivity contribution < 1.29 is 9.84 Å². The van der Waals surface area contributed by atoms with Gasteiger partial charge in [-0.1, -0.05) is 12.1 Å². The van der Waals surface area contributed by atoms with Crippen molar-refractivity contribution in [3.8, 4) is 0 Å². The van der Waals surface area contributed by atoms with Gasteiger partial charge in [-0.3, -0.25) is 4.90 Å². The summed E-state index contributed by atoms with van der Waals surface area (Å²) in [6.45, 7) is 6.43. The minimum Gasteiger partial charge on any atom is -0.393 e. The maximum atomic E-state index is 9.96. The zero-order valence-corrected chi connectivity index (χ0v) is 17.7. The van der Waals surface area contributed by atoms with Crippen molar-refractivity contribution in [3.63, 3.8) is 0 Å². The van der Waals surface area contributed by atoms with E-state index in [0.717, 1.165) is 57.0 Å². The minimum absolute atomic E-state index is 0.0580. The van der Waals surface area contributed by atoms with Gasteiger partial charge in [0.15, 0.2) is 0 Å². The van der Waals surface area contributed by atoms with E-state index < -0.39 is 0 Å². The van der Waals surface area contributed by atoms with Crippen molar-refractivity contribution in [2.45, 2.75) is 51.3 Å². The zero-order chi connectivity index (χ0) is 20.0. The topological polar surface area (TPSA) is 48.8 Å². The Morgan fingerprint density at radius 2 is 1.83 bits per heavy atom. The summed E-state index contributed by atoms with van der Waals surface area (Å²) in [5.74, 6) is 2.56. The van der Waals surface area contributed by atoms with E-state index in [4.69, 9.17) is 9.72 Å². The first kappa shape index (κ1) is 19.3. The summed E-state index contributed by atoms with van der Waals surface area (Å²) >= 11 is 0. The lowest BCUT2D eigenvalue weighted by atomic mass is 10.0. The Bertz CT molecular complexity index is 866. The molecule has 2 unspecified atom stereocenters. The molecule has 2 heterocycles. The molecule has 0 spiro atoms. The molecule has 2 saturated carbocycles. The van der Waals surface area contributed by atoms with E-state index in [1.807, 2.05) is 0 Å². The fourth-order valence-corrected chi connectivity index (χ4v) is 5.79. The molecular formula is C24H33N3O2. The summed E-state index contributed by atoms with van der Waals surface area (Å²) in [6, 6.07) is 9.53. The van der Waals surface area contributed by atoms with Gasteiger partial charge in [0.2, 0.25) is 0 Å². The number of nitrogens with zero attached hydrogens (tertiary/aromatic N) is 3. The minimum atomic E-state index is -0.0580. The Morgan fingerprint density at radius 3 is 2.55 bits per heavy atom. The van der Waals surface area contributed by atoms with Crippen molar-refractivity contribution in [1.29, 1.82) is 0 Å². The predicted octanol–water partition coefficient (Wildman–Crippen LogP) is 3.36. The lowest BCUT2D eigenvalue weighted by molar-refractivity contribution is 0.122. The summed E-state index contributed by atoms with van der Waals surface area (Å²) in [6.07, 6.45) is 4.41. The molecule has 0 radical (unpaired) electrons. The van der Waals surface area contributed by atoms with Crippen molar-refractivity contribution in [1.82, 2.24) is 9.88 Å². The van der Waals surface area contributed by atoms with Crippen LogP contribution in [0.5, 0.6) is 0 Å². The second-order valence-electron chi connectivity index (χ2n) is 9.45. The summed E-state index contributed by atoms with van der Waals surface area (Å²) in [5.41, 5.74) is 3.66. The Labute approximate surface area is 173 Å². The second-order valence-corrected chi connectivity index (χ2v) is 9.45. The van der Waals surface area contributed by atoms with E-state index in [1.165, 1.54) is 29.4 Å². The summed E-state index contributed by atoms with van der Waals surface area (Å²) in [7, 11) is 2.27. The SMILES string of the molecule is Cc1ccc2cc(CN(C)C3C[C@H]4CC(O)C[C@H]4C3)c(N3CCOCC3)nc2c1. The lowest BCUT2D eigenvalue weighted by Gasteiger charge is -2.32. The molecule has 2 aromatic rings. The maximum Gasteiger partial charge on any atom is 0.133 e. The fraction of sp³-hybridized carbons (Fsp3) is 0.625. The third-order valence-corrected chi connectivity index (χ3v) is 7.35. The number of aliphatic hydroxyl groups excluding tert-OH is 1. The molecule has 1 aromatic heterocycles. The van der Waals surface area contributed by atoms with Gasteiger partial charge in [0.1, 0.15) is 5.82 Å². The first-order chi connectivity index (χ1) is 14.1. The number of fused-ring (bicyclic) bond motifs is 2. The van der Waals surface area contributed by atoms with Crippen LogP contribution in [0, 0.1) is 18.8 Å². The van der Waals surface area contributed by atoms with Crippen LogP contribution in [0.15, 0.2) is 24.3 Å². The van der Waals surface area contributed by atoms with Gasteiger partial charge in [-0.05, 0) is 69.2 Å². The standard InChI is InChI=1S/C24H33N3O2/c1-16-3-4-17-10-20(24(25-23(17)9-16)27-5-7-29-8-6-27)15-26(2)21-11-18-13-22(28)14-19(18)12-21/h3-4,9-10,18-19,21-22,28H,5-8,11-15H2,1-2H3/t18-,19+,21?,22?. The van der Waals surface area contributed by atoms with Gasteiger partial charge < -0.3 is 14.7 Å². The third kappa shape index (κ3) is 3.88. The molecule has 1 N–H and O–H groups in total. The van der Waals surface area contributed by atoms with Crippen LogP contribution in [0.4, 0.5) is 5.82 Å². The smallest absolute Gasteiger partial charge is 0.133 e. The Kier molecular flexibility index (Phi) is 5.23. The first-order valence-electron chi connectivity index (χ1n) is 11.2. The molecule has 156 valence electrons. The van der Waals surface area contributed by atoms with Crippen LogP contribution in [0.1, 0.15) is 36.8 Å². The van der Waals surface area contributed by atoms with Crippen molar-refractivity contribution in [2.24, 2.45) is 11.8 Å². The summed E-state index contributed by atoms with van der Waals surface area (Å²) in [5, 5.41) is 11.2. The first-order valence-corrected chi connectivity index (χ1v) is 11.2. The molecule has 5 heteroatoms. The average Bonchev–Trinajstić information content (AvgIpc) is 3.26. The number of rotatable bonds is 4. The Morgan fingerprint density at radius 1 is 1.10 bits per heavy atom. The van der Waals surface area contributed by atoms with Gasteiger partial charge in [-0.2, -0.15) is 0 Å². The average molecular weight is 396 g/mol. The highest BCUT2D eigenvalue weighted by Gasteiger charge is 2.42. The van der Waals surface area contributed by atoms with Gasteiger partial charge in [0, 0.05) is 36.6 Å². The normalized spacial score (nSPS) is 29.7. The number of aliphatic hydroxyl groups is 1. The number of hydrogen-bond acceptors (Lipinski definition) is 5. The van der Waals surface area contributed by atoms with Gasteiger partial charge >= 0.3 is 0 Å². The molecule has 1 aromatic carbocycles. The van der Waals surface area contributed by atoms with E-state index in [9.17, 15) is 5.11 Å². The predicted molar refractivity (Wildman–Crippen MR) is 116 cm³/mol. The molecular weight excluding hydrogens is 362 g/mol. The van der Waals surface area contributed by atoms with E-state index in [2.05, 4.69) is 48.0 Å². The van der Waals surface area contributed by atoms with Crippen LogP contribution in [-0.2, 0) is 11.3 Å². The highest BCUT2D eigenvalue weighted by Crippen LogP contribution is 2.45. The summed E-state index contributed by atoms with van der Waals surface area (Å²) < 4.78 is 5.58. The molecule has 3 aliphatic rings. The number of pyridine rings is 1. The van der Waals surface area contributed by atoms with E-state index in [1.54, 1.807) is 0 Å². The largest absolute Gasteiger partial charge is 0.393 e. The van der Waals surface area contributed by atoms with Crippen molar-refractivity contribution in [2.75, 3.05) is 38.3 Å². The maximum absolute atomic E-state index is 9.96. The second kappa shape index (κ2) is 7.86. The summed E-state index contributed by atoms with van der Waals surface area (Å²) in [4.78, 5) is 10.0. The number of ether oxygens (including phenoxy) is 1. The molecule has 29 heavy (non-hydrogen) atoms. The number of aromatic nitrogens is 1. The Balaban J connectivity index is 1.41. The number of morpholine rings is 1. The quantitative estimate of drug-likeness (QED) is 0.860. The van der Waals surface area contributed by atoms with Crippen LogP contribution in [0.25, 0.3) is 10.9 Å². The van der Waals surface area contributed by atoms with Crippen LogP contribution < -0.4 is 4.90 Å². The number of benzene rings is 1. The molecule has 5 rings (SSSR count). The lowest BCUT2D eigenvalue weighted by Crippen LogP contribution is -2.38. The number of anilines is 1. The van der Waals surface area contributed by atoms with Crippen molar-refractivity contribution in [3.05, 3.63) is 35.4 Å². The van der Waals surface area contributed by atoms with Crippen LogP contribution in [0.2, 0.25) is 0 Å². The number of hydrogen-bond donors (Lipinski definition) is 1. The van der Waals surface area contributed by atoms with Crippen LogP contribution in [0.3, 0.4) is 0 Å². The molecule has 0 bridgehead atoms. The van der Waals surface area contributed by atoms with Gasteiger partial charge in [0.25, 0.3) is 0 Å². The number of aryl methyl sites for hydroxylation is 1. The highest BCUT2D eigenvalue weighted by molar-refractivity contribution is 5.82. The van der Waals surface area contributed by atoms with E-state index in [0.29, 0.717) is 17.9 Å². The molecule has 4 atom stereocenters. The Hall–Kier alpha value is -1.69.